The number of benzene rings is 2. The van der Waals surface area contributed by atoms with Gasteiger partial charge in [-0.1, -0.05) is 49.4 Å². The molecule has 5 rings (SSSR count). The van der Waals surface area contributed by atoms with Crippen molar-refractivity contribution in [3.63, 3.8) is 0 Å². The number of hydrogen-bond acceptors (Lipinski definition) is 6. The maximum absolute atomic E-state index is 13.1. The van der Waals surface area contributed by atoms with Gasteiger partial charge in [-0.05, 0) is 54.0 Å². The van der Waals surface area contributed by atoms with Crippen molar-refractivity contribution in [3.05, 3.63) is 92.8 Å². The maximum Gasteiger partial charge on any atom is 0.262 e. The summed E-state index contributed by atoms with van der Waals surface area (Å²) in [5, 5.41) is 4.71. The predicted octanol–water partition coefficient (Wildman–Crippen LogP) is 4.31. The molecular formula is C27H26N4O3S. The van der Waals surface area contributed by atoms with Gasteiger partial charge < -0.3 is 4.74 Å². The lowest BCUT2D eigenvalue weighted by molar-refractivity contribution is -0.121. The monoisotopic (exact) mass is 486 g/mol. The van der Waals surface area contributed by atoms with E-state index < -0.39 is 5.91 Å². The number of hydrazone groups is 1. The van der Waals surface area contributed by atoms with Gasteiger partial charge in [-0.2, -0.15) is 5.10 Å². The van der Waals surface area contributed by atoms with Gasteiger partial charge in [0.1, 0.15) is 23.7 Å². The molecule has 2 heterocycles. The molecule has 7 nitrogen and oxygen atoms in total. The molecule has 1 aliphatic carbocycles. The maximum atomic E-state index is 13.1. The van der Waals surface area contributed by atoms with Crippen LogP contribution in [0, 0.1) is 5.92 Å². The fourth-order valence-corrected chi connectivity index (χ4v) is 5.61. The Balaban J connectivity index is 1.21. The van der Waals surface area contributed by atoms with Crippen LogP contribution in [0.25, 0.3) is 10.2 Å². The first-order chi connectivity index (χ1) is 17.1. The van der Waals surface area contributed by atoms with Gasteiger partial charge >= 0.3 is 0 Å². The Bertz CT molecular complexity index is 1440. The lowest BCUT2D eigenvalue weighted by Gasteiger charge is -2.17. The number of amides is 1. The van der Waals surface area contributed by atoms with Gasteiger partial charge in [-0.15, -0.1) is 11.3 Å². The highest BCUT2D eigenvalue weighted by atomic mass is 32.1. The molecule has 0 aliphatic heterocycles. The van der Waals surface area contributed by atoms with Gasteiger partial charge in [0.05, 0.1) is 17.9 Å². The van der Waals surface area contributed by atoms with Gasteiger partial charge in [0.25, 0.3) is 11.5 Å². The van der Waals surface area contributed by atoms with Crippen molar-refractivity contribution < 1.29 is 9.53 Å². The third-order valence-corrected chi connectivity index (χ3v) is 7.27. The number of thiophene rings is 1. The van der Waals surface area contributed by atoms with E-state index in [1.54, 1.807) is 17.6 Å². The lowest BCUT2D eigenvalue weighted by Crippen LogP contribution is -2.30. The van der Waals surface area contributed by atoms with Crippen molar-refractivity contribution in [1.82, 2.24) is 15.0 Å². The van der Waals surface area contributed by atoms with Crippen molar-refractivity contribution in [3.8, 4) is 5.75 Å². The molecule has 8 heteroatoms. The third kappa shape index (κ3) is 5.33. The molecule has 0 bridgehead atoms. The summed E-state index contributed by atoms with van der Waals surface area (Å²) in [4.78, 5) is 32.0. The Hall–Kier alpha value is -3.78. The van der Waals surface area contributed by atoms with Gasteiger partial charge in [0.2, 0.25) is 0 Å². The number of nitrogens with one attached hydrogen (secondary N) is 1. The molecule has 178 valence electrons. The molecule has 1 atom stereocenters. The fraction of sp³-hybridized carbons (Fsp3) is 0.259. The Morgan fingerprint density at radius 1 is 1.26 bits per heavy atom. The summed E-state index contributed by atoms with van der Waals surface area (Å²) in [5.41, 5.74) is 5.32. The molecule has 1 amide bonds. The number of aromatic nitrogens is 2. The number of aryl methyl sites for hydroxylation is 1. The first-order valence-electron chi connectivity index (χ1n) is 11.6. The number of nitrogens with zero attached hydrogens (tertiary/aromatic N) is 3. The molecule has 0 fully saturated rings. The van der Waals surface area contributed by atoms with Crippen LogP contribution in [0.1, 0.15) is 34.9 Å². The van der Waals surface area contributed by atoms with Gasteiger partial charge in [0, 0.05) is 4.88 Å². The first-order valence-corrected chi connectivity index (χ1v) is 12.5. The average molecular weight is 487 g/mol. The molecule has 0 saturated heterocycles. The van der Waals surface area contributed by atoms with Crippen LogP contribution in [0.5, 0.6) is 5.75 Å². The second kappa shape index (κ2) is 10.2. The van der Waals surface area contributed by atoms with Crippen LogP contribution in [0.2, 0.25) is 0 Å². The molecule has 1 aliphatic rings. The number of carbonyl (C=O) groups is 1. The summed E-state index contributed by atoms with van der Waals surface area (Å²) in [6.45, 7) is 2.57. The predicted molar refractivity (Wildman–Crippen MR) is 138 cm³/mol. The van der Waals surface area contributed by atoms with E-state index in [1.807, 2.05) is 54.6 Å². The van der Waals surface area contributed by atoms with Crippen LogP contribution in [0.4, 0.5) is 0 Å². The molecular weight excluding hydrogens is 460 g/mol. The Morgan fingerprint density at radius 3 is 2.97 bits per heavy atom. The fourth-order valence-electron chi connectivity index (χ4n) is 4.27. The number of rotatable bonds is 7. The zero-order chi connectivity index (χ0) is 24.2. The van der Waals surface area contributed by atoms with Crippen molar-refractivity contribution in [2.75, 3.05) is 0 Å². The zero-order valence-corrected chi connectivity index (χ0v) is 20.3. The largest absolute Gasteiger partial charge is 0.489 e. The Morgan fingerprint density at radius 2 is 2.11 bits per heavy atom. The minimum absolute atomic E-state index is 0.139. The van der Waals surface area contributed by atoms with Gasteiger partial charge in [0.15, 0.2) is 0 Å². The van der Waals surface area contributed by atoms with E-state index in [-0.39, 0.29) is 12.1 Å². The number of hydrogen-bond donors (Lipinski definition) is 1. The molecule has 35 heavy (non-hydrogen) atoms. The van der Waals surface area contributed by atoms with Crippen molar-refractivity contribution in [1.29, 1.82) is 0 Å². The molecule has 4 aromatic rings. The lowest BCUT2D eigenvalue weighted by atomic mass is 9.89. The van der Waals surface area contributed by atoms with E-state index in [4.69, 9.17) is 4.74 Å². The summed E-state index contributed by atoms with van der Waals surface area (Å²) in [6, 6.07) is 17.4. The minimum atomic E-state index is -0.390. The normalized spacial score (nSPS) is 15.3. The van der Waals surface area contributed by atoms with Gasteiger partial charge in [-0.3, -0.25) is 14.2 Å². The minimum Gasteiger partial charge on any atom is -0.489 e. The summed E-state index contributed by atoms with van der Waals surface area (Å²) >= 11 is 1.60. The second-order valence-electron chi connectivity index (χ2n) is 8.85. The first kappa shape index (κ1) is 23.0. The summed E-state index contributed by atoms with van der Waals surface area (Å²) in [7, 11) is 0. The Labute approximate surface area is 207 Å². The van der Waals surface area contributed by atoms with Crippen LogP contribution >= 0.6 is 11.3 Å². The van der Waals surface area contributed by atoms with Crippen molar-refractivity contribution in [2.45, 2.75) is 39.3 Å². The quantitative estimate of drug-likeness (QED) is 0.312. The topological polar surface area (TPSA) is 85.6 Å². The van der Waals surface area contributed by atoms with Crippen molar-refractivity contribution in [2.24, 2.45) is 11.0 Å². The standard InChI is InChI=1S/C27H26N4O3S/c1-18-10-11-22-23(12-18)35-26-25(22)27(33)31(17-28-26)15-24(32)30-29-14-20-8-5-9-21(13-20)34-16-19-6-3-2-4-7-19/h2-9,13-14,17-18H,10-12,15-16H2,1H3,(H,30,32). The molecule has 0 radical (unpaired) electrons. The summed E-state index contributed by atoms with van der Waals surface area (Å²) in [5.74, 6) is 0.944. The summed E-state index contributed by atoms with van der Waals surface area (Å²) in [6.07, 6.45) is 5.95. The van der Waals surface area contributed by atoms with E-state index in [1.165, 1.54) is 15.8 Å². The van der Waals surface area contributed by atoms with Crippen LogP contribution in [0.15, 0.2) is 70.8 Å². The second-order valence-corrected chi connectivity index (χ2v) is 9.93. The summed E-state index contributed by atoms with van der Waals surface area (Å²) < 4.78 is 7.19. The third-order valence-electron chi connectivity index (χ3n) is 6.11. The molecule has 1 unspecified atom stereocenters. The number of fused-ring (bicyclic) bond motifs is 3. The van der Waals surface area contributed by atoms with Crippen molar-refractivity contribution >= 4 is 33.7 Å². The SMILES string of the molecule is CC1CCc2c(sc3ncn(CC(=O)NN=Cc4cccc(OCc5ccccc5)c4)c(=O)c23)C1. The van der Waals surface area contributed by atoms with Crippen LogP contribution in [0.3, 0.4) is 0 Å². The molecule has 1 N–H and O–H groups in total. The highest BCUT2D eigenvalue weighted by Crippen LogP contribution is 2.35. The van der Waals surface area contributed by atoms with Crippen LogP contribution in [-0.4, -0.2) is 21.7 Å². The number of carbonyl (C=O) groups excluding carboxylic acids is 1. The average Bonchev–Trinajstić information content (AvgIpc) is 3.23. The van der Waals surface area contributed by atoms with E-state index in [2.05, 4.69) is 22.4 Å². The molecule has 0 saturated carbocycles. The smallest absolute Gasteiger partial charge is 0.262 e. The van der Waals surface area contributed by atoms with E-state index >= 15 is 0 Å². The van der Waals surface area contributed by atoms with E-state index in [0.717, 1.165) is 40.8 Å². The van der Waals surface area contributed by atoms with Gasteiger partial charge in [-0.25, -0.2) is 10.4 Å². The zero-order valence-electron chi connectivity index (χ0n) is 19.4. The molecule has 2 aromatic heterocycles. The highest BCUT2D eigenvalue weighted by molar-refractivity contribution is 7.18. The Kier molecular flexibility index (Phi) is 6.72. The number of ether oxygens (including phenoxy) is 1. The van der Waals surface area contributed by atoms with E-state index in [9.17, 15) is 9.59 Å². The van der Waals surface area contributed by atoms with Crippen LogP contribution in [-0.2, 0) is 30.8 Å². The van der Waals surface area contributed by atoms with Crippen LogP contribution < -0.4 is 15.7 Å². The molecule has 0 spiro atoms. The highest BCUT2D eigenvalue weighted by Gasteiger charge is 2.23. The molecule has 2 aromatic carbocycles. The van der Waals surface area contributed by atoms with E-state index in [0.29, 0.717) is 23.7 Å².